The number of esters is 1. The Morgan fingerprint density at radius 3 is 2.20 bits per heavy atom. The van der Waals surface area contributed by atoms with Gasteiger partial charge in [0.15, 0.2) is 5.11 Å². The molecule has 0 aliphatic heterocycles. The lowest BCUT2D eigenvalue weighted by Crippen LogP contribution is -2.60. The molecule has 5 heteroatoms. The minimum atomic E-state index is -0.289. The molecule has 2 N–H and O–H groups in total. The average molecular weight is 359 g/mol. The van der Waals surface area contributed by atoms with Crippen LogP contribution in [0, 0.1) is 17.8 Å². The van der Waals surface area contributed by atoms with Crippen LogP contribution in [0.2, 0.25) is 0 Å². The molecule has 0 heterocycles. The van der Waals surface area contributed by atoms with Gasteiger partial charge in [0.05, 0.1) is 12.2 Å². The highest BCUT2D eigenvalue weighted by atomic mass is 32.1. The summed E-state index contributed by atoms with van der Waals surface area (Å²) in [4.78, 5) is 11.7. The van der Waals surface area contributed by atoms with E-state index in [0.717, 1.165) is 23.4 Å². The Labute approximate surface area is 154 Å². The number of anilines is 1. The number of carbonyl (C=O) groups excluding carboxylic acids is 1. The van der Waals surface area contributed by atoms with Gasteiger partial charge in [-0.2, -0.15) is 0 Å². The molecule has 0 radical (unpaired) electrons. The number of rotatable bonds is 4. The molecule has 5 rings (SSSR count). The summed E-state index contributed by atoms with van der Waals surface area (Å²) >= 11 is 5.58. The first-order valence-corrected chi connectivity index (χ1v) is 9.82. The Morgan fingerprint density at radius 1 is 1.12 bits per heavy atom. The molecule has 0 unspecified atom stereocenters. The number of thiocarbonyl (C=S) groups is 1. The van der Waals surface area contributed by atoms with E-state index < -0.39 is 0 Å². The predicted octanol–water partition coefficient (Wildman–Crippen LogP) is 4.12. The molecule has 4 aliphatic carbocycles. The number of nitrogens with one attached hydrogen (secondary N) is 2. The van der Waals surface area contributed by atoms with Crippen molar-refractivity contribution in [1.29, 1.82) is 0 Å². The van der Waals surface area contributed by atoms with Gasteiger partial charge in [-0.1, -0.05) is 0 Å². The molecule has 0 amide bonds. The van der Waals surface area contributed by atoms with E-state index in [0.29, 0.717) is 17.3 Å². The van der Waals surface area contributed by atoms with Crippen molar-refractivity contribution in [3.8, 4) is 0 Å². The molecule has 0 spiro atoms. The van der Waals surface area contributed by atoms with Gasteiger partial charge in [0.25, 0.3) is 0 Å². The first-order chi connectivity index (χ1) is 12.0. The second-order valence-corrected chi connectivity index (χ2v) is 8.48. The molecule has 4 bridgehead atoms. The Hall–Kier alpha value is -1.62. The zero-order valence-electron chi connectivity index (χ0n) is 14.7. The highest BCUT2D eigenvalue weighted by Gasteiger charge is 2.51. The zero-order chi connectivity index (χ0) is 17.4. The van der Waals surface area contributed by atoms with Crippen molar-refractivity contribution in [2.75, 3.05) is 11.9 Å². The van der Waals surface area contributed by atoms with Crippen LogP contribution in [0.1, 0.15) is 55.8 Å². The van der Waals surface area contributed by atoms with Gasteiger partial charge < -0.3 is 15.4 Å². The summed E-state index contributed by atoms with van der Waals surface area (Å²) in [5, 5.41) is 7.64. The Balaban J connectivity index is 1.37. The fourth-order valence-corrected chi connectivity index (χ4v) is 5.91. The molecule has 1 aromatic rings. The maximum Gasteiger partial charge on any atom is 0.338 e. The summed E-state index contributed by atoms with van der Waals surface area (Å²) in [6, 6.07) is 7.29. The van der Waals surface area contributed by atoms with E-state index >= 15 is 0 Å². The number of ether oxygens (including phenoxy) is 1. The second-order valence-electron chi connectivity index (χ2n) is 8.07. The largest absolute Gasteiger partial charge is 0.462 e. The Morgan fingerprint density at radius 2 is 1.68 bits per heavy atom. The standard InChI is InChI=1S/C20H26N2O2S/c1-2-24-18(23)16-3-5-17(6-4-16)21-19(25)22-20-10-13-7-14(11-20)9-15(8-13)12-20/h3-6,13-15H,2,7-12H2,1H3,(H2,21,22,25). The van der Waals surface area contributed by atoms with Crippen LogP contribution in [-0.2, 0) is 4.74 Å². The minimum Gasteiger partial charge on any atom is -0.462 e. The summed E-state index contributed by atoms with van der Waals surface area (Å²) < 4.78 is 5.01. The molecule has 1 aromatic carbocycles. The van der Waals surface area contributed by atoms with Gasteiger partial charge in [-0.05, 0) is 99.7 Å². The third-order valence-corrected chi connectivity index (χ3v) is 6.27. The molecule has 134 valence electrons. The van der Waals surface area contributed by atoms with E-state index in [2.05, 4.69) is 10.6 Å². The quantitative estimate of drug-likeness (QED) is 0.626. The van der Waals surface area contributed by atoms with Crippen molar-refractivity contribution in [2.45, 2.75) is 51.0 Å². The van der Waals surface area contributed by atoms with Gasteiger partial charge in [0, 0.05) is 11.2 Å². The molecular formula is C20H26N2O2S. The van der Waals surface area contributed by atoms with Gasteiger partial charge in [-0.3, -0.25) is 0 Å². The van der Waals surface area contributed by atoms with Crippen LogP contribution in [0.25, 0.3) is 0 Å². The van der Waals surface area contributed by atoms with Crippen molar-refractivity contribution in [3.63, 3.8) is 0 Å². The molecular weight excluding hydrogens is 332 g/mol. The van der Waals surface area contributed by atoms with Crippen molar-refractivity contribution >= 4 is 29.0 Å². The molecule has 0 atom stereocenters. The zero-order valence-corrected chi connectivity index (χ0v) is 15.5. The molecule has 4 aliphatic rings. The normalized spacial score (nSPS) is 32.3. The van der Waals surface area contributed by atoms with Crippen LogP contribution in [-0.4, -0.2) is 23.2 Å². The lowest BCUT2D eigenvalue weighted by molar-refractivity contribution is -0.00972. The van der Waals surface area contributed by atoms with Gasteiger partial charge in [0.1, 0.15) is 0 Å². The van der Waals surface area contributed by atoms with Gasteiger partial charge in [-0.15, -0.1) is 0 Å². The van der Waals surface area contributed by atoms with Gasteiger partial charge in [0.2, 0.25) is 0 Å². The van der Waals surface area contributed by atoms with Crippen molar-refractivity contribution in [3.05, 3.63) is 29.8 Å². The van der Waals surface area contributed by atoms with Crippen LogP contribution in [0.15, 0.2) is 24.3 Å². The Bertz CT molecular complexity index is 635. The highest BCUT2D eigenvalue weighted by molar-refractivity contribution is 7.80. The lowest BCUT2D eigenvalue weighted by Gasteiger charge is -2.57. The summed E-state index contributed by atoms with van der Waals surface area (Å²) in [5.41, 5.74) is 1.67. The fraction of sp³-hybridized carbons (Fsp3) is 0.600. The van der Waals surface area contributed by atoms with Crippen molar-refractivity contribution < 1.29 is 9.53 Å². The smallest absolute Gasteiger partial charge is 0.338 e. The first-order valence-electron chi connectivity index (χ1n) is 9.41. The van der Waals surface area contributed by atoms with E-state index in [4.69, 9.17) is 17.0 Å². The van der Waals surface area contributed by atoms with Gasteiger partial charge >= 0.3 is 5.97 Å². The molecule has 4 nitrogen and oxygen atoms in total. The predicted molar refractivity (Wildman–Crippen MR) is 103 cm³/mol. The third kappa shape index (κ3) is 3.52. The van der Waals surface area contributed by atoms with Crippen LogP contribution in [0.3, 0.4) is 0 Å². The van der Waals surface area contributed by atoms with E-state index in [-0.39, 0.29) is 11.5 Å². The Kier molecular flexibility index (Phi) is 4.44. The minimum absolute atomic E-state index is 0.212. The average Bonchev–Trinajstić information content (AvgIpc) is 2.53. The van der Waals surface area contributed by atoms with Crippen LogP contribution in [0.5, 0.6) is 0 Å². The van der Waals surface area contributed by atoms with Crippen LogP contribution in [0.4, 0.5) is 5.69 Å². The summed E-state index contributed by atoms with van der Waals surface area (Å²) in [7, 11) is 0. The third-order valence-electron chi connectivity index (χ3n) is 6.07. The van der Waals surface area contributed by atoms with Crippen LogP contribution < -0.4 is 10.6 Å². The monoisotopic (exact) mass is 358 g/mol. The molecule has 25 heavy (non-hydrogen) atoms. The van der Waals surface area contributed by atoms with E-state index in [1.54, 1.807) is 12.1 Å². The fourth-order valence-electron chi connectivity index (χ4n) is 5.57. The molecule has 4 saturated carbocycles. The highest BCUT2D eigenvalue weighted by Crippen LogP contribution is 2.55. The number of hydrogen-bond acceptors (Lipinski definition) is 3. The summed E-state index contributed by atoms with van der Waals surface area (Å²) in [5.74, 6) is 2.39. The second kappa shape index (κ2) is 6.60. The van der Waals surface area contributed by atoms with Crippen LogP contribution >= 0.6 is 12.2 Å². The van der Waals surface area contributed by atoms with E-state index in [9.17, 15) is 4.79 Å². The maximum atomic E-state index is 11.7. The van der Waals surface area contributed by atoms with Crippen molar-refractivity contribution in [2.24, 2.45) is 17.8 Å². The summed E-state index contributed by atoms with van der Waals surface area (Å²) in [6.45, 7) is 2.19. The topological polar surface area (TPSA) is 50.4 Å². The molecule has 0 aromatic heterocycles. The molecule has 4 fully saturated rings. The van der Waals surface area contributed by atoms with Gasteiger partial charge in [-0.25, -0.2) is 4.79 Å². The maximum absolute atomic E-state index is 11.7. The van der Waals surface area contributed by atoms with E-state index in [1.807, 2.05) is 19.1 Å². The lowest BCUT2D eigenvalue weighted by atomic mass is 9.53. The number of hydrogen-bond donors (Lipinski definition) is 2. The van der Waals surface area contributed by atoms with E-state index in [1.165, 1.54) is 38.5 Å². The number of benzene rings is 1. The first kappa shape index (κ1) is 16.8. The summed E-state index contributed by atoms with van der Waals surface area (Å²) in [6.07, 6.45) is 8.08. The number of carbonyl (C=O) groups is 1. The molecule has 0 saturated heterocycles. The van der Waals surface area contributed by atoms with Crippen molar-refractivity contribution in [1.82, 2.24) is 5.32 Å². The SMILES string of the molecule is CCOC(=O)c1ccc(NC(=S)NC23CC4CC(CC(C4)C2)C3)cc1.